The van der Waals surface area contributed by atoms with Gasteiger partial charge in [0, 0.05) is 18.0 Å². The smallest absolute Gasteiger partial charge is 0.407 e. The normalized spacial score (nSPS) is 18.3. The van der Waals surface area contributed by atoms with Crippen molar-refractivity contribution in [2.75, 3.05) is 27.3 Å². The third-order valence-electron chi connectivity index (χ3n) is 10.0. The number of nitrogens with zero attached hydrogens (tertiary/aromatic N) is 4. The Morgan fingerprint density at radius 1 is 0.698 bits per heavy atom. The number of thiophene rings is 1. The minimum absolute atomic E-state index is 0.104. The molecule has 0 aliphatic carbocycles. The lowest BCUT2D eigenvalue weighted by molar-refractivity contribution is -0.136. The second-order valence-corrected chi connectivity index (χ2v) is 15.3. The summed E-state index contributed by atoms with van der Waals surface area (Å²) in [5.74, 6) is 0.962. The molecule has 282 valence electrons. The molecule has 2 fully saturated rings. The summed E-state index contributed by atoms with van der Waals surface area (Å²) >= 11 is 1.65. The van der Waals surface area contributed by atoms with Crippen LogP contribution in [0.2, 0.25) is 0 Å². The molecule has 4 N–H and O–H groups in total. The molecule has 1 aromatic carbocycles. The Kier molecular flexibility index (Phi) is 11.5. The maximum atomic E-state index is 13.5. The van der Waals surface area contributed by atoms with Crippen molar-refractivity contribution < 1.29 is 28.7 Å². The number of alkyl carbamates (subject to hydrolysis) is 2. The standard InChI is InChI=1S/C38H48N8O6S/c1-21(2)31(43-37(49)51-5)35(47)45-17-7-9-27(45)33-39-19-25(41-33)23-11-13-24(14-12-23)29-15-16-30(53-29)26-20-40-34(42-26)28-10-8-18-46(28)36(48)32(22(3)4)44-38(50)52-6/h11-16,19-22,27-28,31-32H,7-10,17-18H2,1-6H3,(H,39,41)(H,40,42)(H,43,49)(H,44,50)/t27-,28-,31-,32?/m0/s1. The van der Waals surface area contributed by atoms with Crippen molar-refractivity contribution in [3.8, 4) is 32.3 Å². The molecule has 2 saturated heterocycles. The Bertz CT molecular complexity index is 1920. The third kappa shape index (κ3) is 8.09. The van der Waals surface area contributed by atoms with Gasteiger partial charge in [-0.15, -0.1) is 11.3 Å². The fourth-order valence-electron chi connectivity index (χ4n) is 7.12. The molecule has 2 aliphatic rings. The fraction of sp³-hybridized carbons (Fsp3) is 0.474. The maximum Gasteiger partial charge on any atom is 0.407 e. The van der Waals surface area contributed by atoms with Crippen molar-refractivity contribution in [1.82, 2.24) is 40.4 Å². The molecule has 4 atom stereocenters. The summed E-state index contributed by atoms with van der Waals surface area (Å²) < 4.78 is 9.50. The van der Waals surface area contributed by atoms with Gasteiger partial charge in [0.2, 0.25) is 11.8 Å². The Morgan fingerprint density at radius 3 is 1.64 bits per heavy atom. The summed E-state index contributed by atoms with van der Waals surface area (Å²) in [6.07, 6.45) is 5.63. The highest BCUT2D eigenvalue weighted by Gasteiger charge is 2.39. The second kappa shape index (κ2) is 16.2. The molecule has 15 heteroatoms. The number of nitrogens with one attached hydrogen (secondary N) is 4. The van der Waals surface area contributed by atoms with E-state index in [1.54, 1.807) is 22.4 Å². The van der Waals surface area contributed by atoms with Crippen molar-refractivity contribution in [2.45, 2.75) is 77.5 Å². The molecule has 4 amide bonds. The zero-order valence-electron chi connectivity index (χ0n) is 31.0. The van der Waals surface area contributed by atoms with Crippen LogP contribution in [0, 0.1) is 11.8 Å². The Balaban J connectivity index is 1.12. The number of ether oxygens (including phenoxy) is 2. The number of likely N-dealkylation sites (tertiary alicyclic amines) is 2. The SMILES string of the molecule is COC(=O)NC(C(=O)N1CCC[C@H]1c1ncc(-c2ccc(-c3ccc(-c4cnc([C@@H]5CCCN5C(=O)[C@@H](NC(=O)OC)C(C)C)[nH]4)cc3)s2)[nH]1)C(C)C. The molecule has 2 aliphatic heterocycles. The Labute approximate surface area is 313 Å². The average Bonchev–Trinajstić information content (AvgIpc) is 4.00. The summed E-state index contributed by atoms with van der Waals surface area (Å²) in [7, 11) is 2.58. The van der Waals surface area contributed by atoms with Crippen LogP contribution in [-0.2, 0) is 19.1 Å². The van der Waals surface area contributed by atoms with Gasteiger partial charge in [0.05, 0.1) is 55.0 Å². The molecular formula is C38H48N8O6S. The lowest BCUT2D eigenvalue weighted by Gasteiger charge is -2.30. The number of aromatic nitrogens is 4. The number of amides is 4. The topological polar surface area (TPSA) is 175 Å². The molecule has 0 radical (unpaired) electrons. The van der Waals surface area contributed by atoms with Crippen molar-refractivity contribution >= 4 is 35.3 Å². The summed E-state index contributed by atoms with van der Waals surface area (Å²) in [6, 6.07) is 10.6. The van der Waals surface area contributed by atoms with Gasteiger partial charge in [-0.05, 0) is 60.8 Å². The first-order valence-electron chi connectivity index (χ1n) is 18.1. The van der Waals surface area contributed by atoms with E-state index in [-0.39, 0.29) is 35.7 Å². The van der Waals surface area contributed by atoms with Crippen LogP contribution in [0.1, 0.15) is 77.1 Å². The van der Waals surface area contributed by atoms with E-state index in [0.29, 0.717) is 13.1 Å². The van der Waals surface area contributed by atoms with Gasteiger partial charge in [0.15, 0.2) is 0 Å². The maximum absolute atomic E-state index is 13.5. The number of aromatic amines is 2. The number of carbonyl (C=O) groups is 4. The largest absolute Gasteiger partial charge is 0.453 e. The average molecular weight is 745 g/mol. The van der Waals surface area contributed by atoms with Gasteiger partial charge in [-0.25, -0.2) is 19.6 Å². The number of rotatable bonds is 11. The van der Waals surface area contributed by atoms with Crippen LogP contribution in [0.3, 0.4) is 0 Å². The van der Waals surface area contributed by atoms with Crippen molar-refractivity contribution in [2.24, 2.45) is 11.8 Å². The number of hydrogen-bond donors (Lipinski definition) is 4. The number of carbonyl (C=O) groups excluding carboxylic acids is 4. The van der Waals surface area contributed by atoms with E-state index in [4.69, 9.17) is 9.47 Å². The van der Waals surface area contributed by atoms with Crippen molar-refractivity contribution in [3.05, 3.63) is 60.4 Å². The monoisotopic (exact) mass is 744 g/mol. The van der Waals surface area contributed by atoms with Gasteiger partial charge in [-0.3, -0.25) is 9.59 Å². The minimum atomic E-state index is -0.688. The van der Waals surface area contributed by atoms with Gasteiger partial charge in [-0.2, -0.15) is 0 Å². The molecule has 0 spiro atoms. The van der Waals surface area contributed by atoms with Crippen LogP contribution in [-0.4, -0.2) is 93.1 Å². The number of imidazole rings is 2. The first-order valence-corrected chi connectivity index (χ1v) is 18.9. The third-order valence-corrected chi connectivity index (χ3v) is 11.2. The van der Waals surface area contributed by atoms with Gasteiger partial charge in [-0.1, -0.05) is 52.0 Å². The highest BCUT2D eigenvalue weighted by atomic mass is 32.1. The number of H-pyrrole nitrogens is 2. The van der Waals surface area contributed by atoms with Crippen LogP contribution in [0.25, 0.3) is 32.3 Å². The molecular weight excluding hydrogens is 697 g/mol. The zero-order valence-corrected chi connectivity index (χ0v) is 31.8. The minimum Gasteiger partial charge on any atom is -0.453 e. The first-order chi connectivity index (χ1) is 25.5. The number of hydrogen-bond acceptors (Lipinski definition) is 9. The van der Waals surface area contributed by atoms with E-state index in [1.165, 1.54) is 14.2 Å². The van der Waals surface area contributed by atoms with E-state index < -0.39 is 24.3 Å². The highest BCUT2D eigenvalue weighted by Crippen LogP contribution is 2.38. The van der Waals surface area contributed by atoms with Crippen LogP contribution >= 0.6 is 11.3 Å². The molecule has 6 rings (SSSR count). The molecule has 14 nitrogen and oxygen atoms in total. The number of methoxy groups -OCH3 is 2. The van der Waals surface area contributed by atoms with Crippen LogP contribution in [0.4, 0.5) is 9.59 Å². The summed E-state index contributed by atoms with van der Waals surface area (Å²) in [4.78, 5) is 72.9. The van der Waals surface area contributed by atoms with Gasteiger partial charge in [0.1, 0.15) is 23.7 Å². The van der Waals surface area contributed by atoms with Gasteiger partial charge >= 0.3 is 12.2 Å². The van der Waals surface area contributed by atoms with E-state index in [1.807, 2.05) is 38.8 Å². The van der Waals surface area contributed by atoms with E-state index in [2.05, 4.69) is 67.0 Å². The lowest BCUT2D eigenvalue weighted by atomic mass is 10.0. The van der Waals surface area contributed by atoms with E-state index in [0.717, 1.165) is 69.6 Å². The molecule has 5 heterocycles. The van der Waals surface area contributed by atoms with Crippen LogP contribution in [0.15, 0.2) is 48.8 Å². The predicted octanol–water partition coefficient (Wildman–Crippen LogP) is 6.28. The van der Waals surface area contributed by atoms with E-state index >= 15 is 0 Å². The molecule has 0 bridgehead atoms. The first kappa shape index (κ1) is 37.6. The van der Waals surface area contributed by atoms with Gasteiger partial charge < -0.3 is 39.9 Å². The molecule has 1 unspecified atom stereocenters. The lowest BCUT2D eigenvalue weighted by Crippen LogP contribution is -2.51. The summed E-state index contributed by atoms with van der Waals surface area (Å²) in [6.45, 7) is 8.79. The summed E-state index contributed by atoms with van der Waals surface area (Å²) in [5, 5.41) is 5.39. The van der Waals surface area contributed by atoms with Crippen molar-refractivity contribution in [3.63, 3.8) is 0 Å². The fourth-order valence-corrected chi connectivity index (χ4v) is 8.10. The van der Waals surface area contributed by atoms with Crippen molar-refractivity contribution in [1.29, 1.82) is 0 Å². The van der Waals surface area contributed by atoms with Gasteiger partial charge in [0.25, 0.3) is 0 Å². The molecule has 53 heavy (non-hydrogen) atoms. The van der Waals surface area contributed by atoms with Crippen LogP contribution in [0.5, 0.6) is 0 Å². The molecule has 4 aromatic rings. The predicted molar refractivity (Wildman–Crippen MR) is 201 cm³/mol. The van der Waals surface area contributed by atoms with Crippen LogP contribution < -0.4 is 10.6 Å². The highest BCUT2D eigenvalue weighted by molar-refractivity contribution is 7.18. The Hall–Kier alpha value is -5.18. The quantitative estimate of drug-likeness (QED) is 0.139. The zero-order chi connectivity index (χ0) is 37.8. The molecule has 0 saturated carbocycles. The molecule has 3 aromatic heterocycles. The number of benzene rings is 1. The van der Waals surface area contributed by atoms with E-state index in [9.17, 15) is 19.2 Å². The Morgan fingerprint density at radius 2 is 1.15 bits per heavy atom. The summed E-state index contributed by atoms with van der Waals surface area (Å²) in [5.41, 5.74) is 3.78. The second-order valence-electron chi connectivity index (χ2n) is 14.2.